The highest BCUT2D eigenvalue weighted by Crippen LogP contribution is 2.31. The predicted molar refractivity (Wildman–Crippen MR) is 126 cm³/mol. The Kier molecular flexibility index (Phi) is 8.00. The zero-order valence-electron chi connectivity index (χ0n) is 19.2. The second-order valence-corrected chi connectivity index (χ2v) is 10.6. The zero-order chi connectivity index (χ0) is 27.4. The number of alkyl halides is 3. The minimum atomic E-state index is -4.68. The van der Waals surface area contributed by atoms with E-state index in [-0.39, 0.29) is 27.6 Å². The Morgan fingerprint density at radius 3 is 2.19 bits per heavy atom. The average molecular weight is 560 g/mol. The number of carbonyl (C=O) groups is 1. The van der Waals surface area contributed by atoms with Gasteiger partial charge in [-0.05, 0) is 48.5 Å². The first-order valence-electron chi connectivity index (χ1n) is 10.1. The standard InChI is InChI=1S/C22H20F3N3O7S2/c1-34-17-9-10-19(35-2)20(13-17)37(32,33)28-26-21(29)14-5-3-8-18(11-14)36(30,31)27-16-7-4-6-15(12-16)22(23,24)25/h3-13,27-28H,1-2H3,(H,26,29). The molecule has 0 aromatic heterocycles. The highest BCUT2D eigenvalue weighted by atomic mass is 32.2. The second kappa shape index (κ2) is 10.7. The number of hydrazine groups is 1. The van der Waals surface area contributed by atoms with Crippen LogP contribution in [0.1, 0.15) is 15.9 Å². The van der Waals surface area contributed by atoms with Gasteiger partial charge in [0.1, 0.15) is 16.4 Å². The van der Waals surface area contributed by atoms with Gasteiger partial charge in [0.2, 0.25) is 0 Å². The molecule has 10 nitrogen and oxygen atoms in total. The number of sulfonamides is 2. The minimum Gasteiger partial charge on any atom is -0.497 e. The molecule has 0 spiro atoms. The fourth-order valence-corrected chi connectivity index (χ4v) is 5.13. The molecule has 3 aromatic carbocycles. The number of nitrogens with one attached hydrogen (secondary N) is 3. The molecule has 0 atom stereocenters. The molecule has 3 N–H and O–H groups in total. The van der Waals surface area contributed by atoms with Gasteiger partial charge in [-0.15, -0.1) is 4.83 Å². The van der Waals surface area contributed by atoms with Crippen molar-refractivity contribution in [3.63, 3.8) is 0 Å². The van der Waals surface area contributed by atoms with Crippen LogP contribution in [-0.2, 0) is 26.2 Å². The molecule has 198 valence electrons. The van der Waals surface area contributed by atoms with Gasteiger partial charge in [-0.1, -0.05) is 12.1 Å². The normalized spacial score (nSPS) is 12.0. The number of hydrogen-bond acceptors (Lipinski definition) is 7. The second-order valence-electron chi connectivity index (χ2n) is 7.29. The number of halogens is 3. The minimum absolute atomic E-state index is 0.0312. The van der Waals surface area contributed by atoms with Crippen molar-refractivity contribution < 1.29 is 44.3 Å². The van der Waals surface area contributed by atoms with Crippen LogP contribution in [0.3, 0.4) is 0 Å². The van der Waals surface area contributed by atoms with Crippen molar-refractivity contribution in [2.24, 2.45) is 0 Å². The van der Waals surface area contributed by atoms with E-state index in [1.807, 2.05) is 15.0 Å². The van der Waals surface area contributed by atoms with Crippen LogP contribution in [0.2, 0.25) is 0 Å². The number of carbonyl (C=O) groups excluding carboxylic acids is 1. The summed E-state index contributed by atoms with van der Waals surface area (Å²) in [4.78, 5) is 13.7. The monoisotopic (exact) mass is 559 g/mol. The first-order valence-corrected chi connectivity index (χ1v) is 13.1. The van der Waals surface area contributed by atoms with E-state index < -0.39 is 42.6 Å². The van der Waals surface area contributed by atoms with Gasteiger partial charge in [0.05, 0.1) is 24.7 Å². The van der Waals surface area contributed by atoms with Crippen LogP contribution in [0.4, 0.5) is 18.9 Å². The van der Waals surface area contributed by atoms with Crippen LogP contribution >= 0.6 is 0 Å². The summed E-state index contributed by atoms with van der Waals surface area (Å²) in [6, 6.07) is 12.0. The number of benzene rings is 3. The molecular weight excluding hydrogens is 539 g/mol. The third-order valence-electron chi connectivity index (χ3n) is 4.81. The molecule has 0 fully saturated rings. The van der Waals surface area contributed by atoms with Crippen LogP contribution in [0.15, 0.2) is 76.5 Å². The maximum absolute atomic E-state index is 12.9. The number of hydrogen-bond donors (Lipinski definition) is 3. The Bertz CT molecular complexity index is 1530. The molecule has 0 aliphatic carbocycles. The van der Waals surface area contributed by atoms with E-state index in [4.69, 9.17) is 9.47 Å². The average Bonchev–Trinajstić information content (AvgIpc) is 2.86. The lowest BCUT2D eigenvalue weighted by Crippen LogP contribution is -2.41. The first-order chi connectivity index (χ1) is 17.3. The molecule has 0 radical (unpaired) electrons. The van der Waals surface area contributed by atoms with Crippen LogP contribution in [0.5, 0.6) is 11.5 Å². The summed E-state index contributed by atoms with van der Waals surface area (Å²) in [6.45, 7) is 0. The fourth-order valence-electron chi connectivity index (χ4n) is 3.01. The maximum Gasteiger partial charge on any atom is 0.416 e. The molecule has 0 saturated carbocycles. The van der Waals surface area contributed by atoms with E-state index in [0.717, 1.165) is 30.3 Å². The smallest absolute Gasteiger partial charge is 0.416 e. The quantitative estimate of drug-likeness (QED) is 0.342. The lowest BCUT2D eigenvalue weighted by atomic mass is 10.2. The molecule has 3 aromatic rings. The summed E-state index contributed by atoms with van der Waals surface area (Å²) in [5, 5.41) is 0. The molecule has 0 unspecified atom stereocenters. The van der Waals surface area contributed by atoms with Gasteiger partial charge in [-0.3, -0.25) is 14.9 Å². The van der Waals surface area contributed by atoms with Crippen molar-refractivity contribution in [2.75, 3.05) is 18.9 Å². The van der Waals surface area contributed by atoms with Crippen LogP contribution in [0, 0.1) is 0 Å². The fraction of sp³-hybridized carbons (Fsp3) is 0.136. The molecular formula is C22H20F3N3O7S2. The van der Waals surface area contributed by atoms with E-state index in [1.165, 1.54) is 44.6 Å². The highest BCUT2D eigenvalue weighted by Gasteiger charge is 2.31. The molecule has 15 heteroatoms. The number of ether oxygens (including phenoxy) is 2. The summed E-state index contributed by atoms with van der Waals surface area (Å²) in [5.41, 5.74) is 0.311. The van der Waals surface area contributed by atoms with E-state index in [0.29, 0.717) is 6.07 Å². The Labute approximate surface area is 210 Å². The van der Waals surface area contributed by atoms with Gasteiger partial charge in [0, 0.05) is 17.3 Å². The Hall–Kier alpha value is -3.82. The topological polar surface area (TPSA) is 140 Å². The Balaban J connectivity index is 1.79. The van der Waals surface area contributed by atoms with Crippen molar-refractivity contribution in [2.45, 2.75) is 16.0 Å². The number of amides is 1. The lowest BCUT2D eigenvalue weighted by molar-refractivity contribution is -0.137. The van der Waals surface area contributed by atoms with Gasteiger partial charge >= 0.3 is 6.18 Å². The molecule has 0 saturated heterocycles. The van der Waals surface area contributed by atoms with Crippen molar-refractivity contribution >= 4 is 31.6 Å². The molecule has 0 aliphatic rings. The van der Waals surface area contributed by atoms with Crippen LogP contribution in [0.25, 0.3) is 0 Å². The molecule has 0 heterocycles. The van der Waals surface area contributed by atoms with Crippen molar-refractivity contribution in [1.82, 2.24) is 10.3 Å². The Morgan fingerprint density at radius 2 is 1.54 bits per heavy atom. The SMILES string of the molecule is COc1ccc(OC)c(S(=O)(=O)NNC(=O)c2cccc(S(=O)(=O)Nc3cccc(C(F)(F)F)c3)c2)c1. The summed E-state index contributed by atoms with van der Waals surface area (Å²) in [6.07, 6.45) is -4.68. The molecule has 3 rings (SSSR count). The summed E-state index contributed by atoms with van der Waals surface area (Å²) in [7, 11) is -6.17. The third-order valence-corrected chi connectivity index (χ3v) is 7.46. The lowest BCUT2D eigenvalue weighted by Gasteiger charge is -2.13. The number of methoxy groups -OCH3 is 2. The van der Waals surface area contributed by atoms with Gasteiger partial charge in [-0.25, -0.2) is 16.8 Å². The molecule has 0 aliphatic heterocycles. The maximum atomic E-state index is 12.9. The van der Waals surface area contributed by atoms with E-state index >= 15 is 0 Å². The predicted octanol–water partition coefficient (Wildman–Crippen LogP) is 3.15. The first kappa shape index (κ1) is 27.8. The summed E-state index contributed by atoms with van der Waals surface area (Å²) in [5.74, 6) is -0.837. The van der Waals surface area contributed by atoms with Crippen LogP contribution in [-0.4, -0.2) is 37.0 Å². The van der Waals surface area contributed by atoms with Crippen molar-refractivity contribution in [1.29, 1.82) is 0 Å². The van der Waals surface area contributed by atoms with Gasteiger partial charge in [0.15, 0.2) is 0 Å². The van der Waals surface area contributed by atoms with E-state index in [1.54, 1.807) is 0 Å². The summed E-state index contributed by atoms with van der Waals surface area (Å²) < 4.78 is 102. The van der Waals surface area contributed by atoms with E-state index in [9.17, 15) is 34.8 Å². The largest absolute Gasteiger partial charge is 0.497 e. The van der Waals surface area contributed by atoms with Gasteiger partial charge in [-0.2, -0.15) is 13.2 Å². The Morgan fingerprint density at radius 1 is 0.838 bits per heavy atom. The van der Waals surface area contributed by atoms with E-state index in [2.05, 4.69) is 0 Å². The molecule has 37 heavy (non-hydrogen) atoms. The third kappa shape index (κ3) is 6.69. The van der Waals surface area contributed by atoms with Crippen LogP contribution < -0.4 is 24.5 Å². The van der Waals surface area contributed by atoms with Crippen molar-refractivity contribution in [3.8, 4) is 11.5 Å². The zero-order valence-corrected chi connectivity index (χ0v) is 20.8. The molecule has 1 amide bonds. The van der Waals surface area contributed by atoms with Gasteiger partial charge < -0.3 is 9.47 Å². The van der Waals surface area contributed by atoms with Crippen molar-refractivity contribution in [3.05, 3.63) is 77.9 Å². The number of rotatable bonds is 9. The summed E-state index contributed by atoms with van der Waals surface area (Å²) >= 11 is 0. The van der Waals surface area contributed by atoms with Gasteiger partial charge in [0.25, 0.3) is 26.0 Å². The molecule has 0 bridgehead atoms. The number of anilines is 1. The highest BCUT2D eigenvalue weighted by molar-refractivity contribution is 7.92.